The normalized spacial score (nSPS) is 16.4. The van der Waals surface area contributed by atoms with E-state index in [0.29, 0.717) is 12.5 Å². The molecule has 0 aromatic carbocycles. The Morgan fingerprint density at radius 3 is 2.93 bits per heavy atom. The summed E-state index contributed by atoms with van der Waals surface area (Å²) in [6.07, 6.45) is 5.40. The molecule has 0 aliphatic heterocycles. The number of hydrogen-bond acceptors (Lipinski definition) is 4. The molecule has 1 aromatic rings. The van der Waals surface area contributed by atoms with Gasteiger partial charge in [0.25, 0.3) is 0 Å². The molecule has 1 aliphatic rings. The number of anilines is 1. The van der Waals surface area contributed by atoms with Crippen molar-refractivity contribution in [2.75, 3.05) is 18.5 Å². The molecule has 1 heterocycles. The Kier molecular flexibility index (Phi) is 2.93. The Labute approximate surface area is 83.4 Å². The lowest BCUT2D eigenvalue weighted by Gasteiger charge is -2.24. The van der Waals surface area contributed by atoms with E-state index in [4.69, 9.17) is 5.11 Å². The van der Waals surface area contributed by atoms with Crippen molar-refractivity contribution in [2.45, 2.75) is 25.2 Å². The Bertz CT molecular complexity index is 299. The predicted octanol–water partition coefficient (Wildman–Crippen LogP) is 1.15. The minimum atomic E-state index is 0.128. The van der Waals surface area contributed by atoms with Crippen molar-refractivity contribution in [1.29, 1.82) is 0 Å². The molecule has 2 rings (SSSR count). The van der Waals surface area contributed by atoms with Crippen LogP contribution < -0.4 is 5.32 Å². The van der Waals surface area contributed by atoms with Gasteiger partial charge in [-0.15, -0.1) is 0 Å². The SMILES string of the molecule is OCCNc1cc(C2CCC2)ncn1. The third-order valence-corrected chi connectivity index (χ3v) is 2.63. The smallest absolute Gasteiger partial charge is 0.129 e. The first-order valence-corrected chi connectivity index (χ1v) is 5.07. The maximum absolute atomic E-state index is 8.66. The molecule has 0 saturated heterocycles. The summed E-state index contributed by atoms with van der Waals surface area (Å²) in [5.74, 6) is 1.45. The highest BCUT2D eigenvalue weighted by Gasteiger charge is 2.20. The number of hydrogen-bond donors (Lipinski definition) is 2. The number of nitrogens with one attached hydrogen (secondary N) is 1. The number of nitrogens with zero attached hydrogens (tertiary/aromatic N) is 2. The molecular formula is C10H15N3O. The zero-order chi connectivity index (χ0) is 9.80. The Balaban J connectivity index is 2.02. The van der Waals surface area contributed by atoms with Gasteiger partial charge in [0.2, 0.25) is 0 Å². The van der Waals surface area contributed by atoms with Crippen molar-refractivity contribution in [3.8, 4) is 0 Å². The van der Waals surface area contributed by atoms with Gasteiger partial charge in [-0.25, -0.2) is 9.97 Å². The van der Waals surface area contributed by atoms with Crippen molar-refractivity contribution in [2.24, 2.45) is 0 Å². The summed E-state index contributed by atoms with van der Waals surface area (Å²) in [5, 5.41) is 11.7. The van der Waals surface area contributed by atoms with Crippen LogP contribution in [-0.4, -0.2) is 28.2 Å². The first-order valence-electron chi connectivity index (χ1n) is 5.07. The summed E-state index contributed by atoms with van der Waals surface area (Å²) < 4.78 is 0. The molecule has 76 valence electrons. The van der Waals surface area contributed by atoms with E-state index in [1.807, 2.05) is 6.07 Å². The highest BCUT2D eigenvalue weighted by Crippen LogP contribution is 2.35. The zero-order valence-corrected chi connectivity index (χ0v) is 8.11. The van der Waals surface area contributed by atoms with E-state index < -0.39 is 0 Å². The van der Waals surface area contributed by atoms with Crippen LogP contribution >= 0.6 is 0 Å². The van der Waals surface area contributed by atoms with Crippen LogP contribution in [0.5, 0.6) is 0 Å². The fourth-order valence-corrected chi connectivity index (χ4v) is 1.58. The lowest BCUT2D eigenvalue weighted by Crippen LogP contribution is -2.12. The van der Waals surface area contributed by atoms with Crippen LogP contribution in [0.25, 0.3) is 0 Å². The second-order valence-electron chi connectivity index (χ2n) is 3.61. The molecule has 0 bridgehead atoms. The van der Waals surface area contributed by atoms with Crippen LogP contribution in [0.3, 0.4) is 0 Å². The van der Waals surface area contributed by atoms with Crippen molar-refractivity contribution < 1.29 is 5.11 Å². The summed E-state index contributed by atoms with van der Waals surface area (Å²) in [7, 11) is 0. The van der Waals surface area contributed by atoms with E-state index in [1.165, 1.54) is 19.3 Å². The summed E-state index contributed by atoms with van der Waals surface area (Å²) >= 11 is 0. The lowest BCUT2D eigenvalue weighted by atomic mass is 9.83. The van der Waals surface area contributed by atoms with Crippen molar-refractivity contribution in [3.63, 3.8) is 0 Å². The molecule has 4 nitrogen and oxygen atoms in total. The number of aliphatic hydroxyl groups excluding tert-OH is 1. The summed E-state index contributed by atoms with van der Waals surface area (Å²) in [4.78, 5) is 8.34. The summed E-state index contributed by atoms with van der Waals surface area (Å²) in [6.45, 7) is 0.671. The predicted molar refractivity (Wildman–Crippen MR) is 54.2 cm³/mol. The fraction of sp³-hybridized carbons (Fsp3) is 0.600. The van der Waals surface area contributed by atoms with Crippen molar-refractivity contribution >= 4 is 5.82 Å². The summed E-state index contributed by atoms with van der Waals surface area (Å²) in [6, 6.07) is 1.99. The van der Waals surface area contributed by atoms with E-state index in [0.717, 1.165) is 11.5 Å². The lowest BCUT2D eigenvalue weighted by molar-refractivity contribution is 0.311. The van der Waals surface area contributed by atoms with Gasteiger partial charge in [-0.3, -0.25) is 0 Å². The second kappa shape index (κ2) is 4.37. The molecule has 0 atom stereocenters. The molecule has 2 N–H and O–H groups in total. The quantitative estimate of drug-likeness (QED) is 0.753. The Hall–Kier alpha value is -1.16. The zero-order valence-electron chi connectivity index (χ0n) is 8.11. The molecule has 1 aromatic heterocycles. The largest absolute Gasteiger partial charge is 0.395 e. The number of rotatable bonds is 4. The first-order chi connectivity index (χ1) is 6.90. The Morgan fingerprint density at radius 2 is 2.29 bits per heavy atom. The van der Waals surface area contributed by atoms with Gasteiger partial charge in [0.1, 0.15) is 12.1 Å². The fourth-order valence-electron chi connectivity index (χ4n) is 1.58. The van der Waals surface area contributed by atoms with Crippen LogP contribution in [-0.2, 0) is 0 Å². The summed E-state index contributed by atoms with van der Waals surface area (Å²) in [5.41, 5.74) is 1.13. The molecule has 0 spiro atoms. The standard InChI is InChI=1S/C10H15N3O/c14-5-4-11-10-6-9(12-7-13-10)8-2-1-3-8/h6-8,14H,1-5H2,(H,11,12,13). The molecule has 1 fully saturated rings. The third kappa shape index (κ3) is 2.01. The topological polar surface area (TPSA) is 58.0 Å². The van der Waals surface area contributed by atoms with Gasteiger partial charge < -0.3 is 10.4 Å². The van der Waals surface area contributed by atoms with Gasteiger partial charge in [0.05, 0.1) is 6.61 Å². The number of aromatic nitrogens is 2. The molecular weight excluding hydrogens is 178 g/mol. The van der Waals surface area contributed by atoms with Crippen LogP contribution in [0.1, 0.15) is 30.9 Å². The van der Waals surface area contributed by atoms with Crippen molar-refractivity contribution in [3.05, 3.63) is 18.1 Å². The van der Waals surface area contributed by atoms with Crippen LogP contribution in [0, 0.1) is 0 Å². The molecule has 0 radical (unpaired) electrons. The van der Waals surface area contributed by atoms with Gasteiger partial charge in [-0.1, -0.05) is 6.42 Å². The number of aliphatic hydroxyl groups is 1. The average molecular weight is 193 g/mol. The maximum Gasteiger partial charge on any atom is 0.129 e. The second-order valence-corrected chi connectivity index (χ2v) is 3.61. The maximum atomic E-state index is 8.66. The van der Waals surface area contributed by atoms with E-state index in [-0.39, 0.29) is 6.61 Å². The van der Waals surface area contributed by atoms with E-state index in [9.17, 15) is 0 Å². The van der Waals surface area contributed by atoms with Crippen LogP contribution in [0.15, 0.2) is 12.4 Å². The Morgan fingerprint density at radius 1 is 1.43 bits per heavy atom. The first kappa shape index (κ1) is 9.40. The van der Waals surface area contributed by atoms with Crippen LogP contribution in [0.4, 0.5) is 5.82 Å². The average Bonchev–Trinajstić information content (AvgIpc) is 2.13. The molecule has 1 aliphatic carbocycles. The van der Waals surface area contributed by atoms with Gasteiger partial charge in [0, 0.05) is 24.2 Å². The van der Waals surface area contributed by atoms with Crippen molar-refractivity contribution in [1.82, 2.24) is 9.97 Å². The molecule has 14 heavy (non-hydrogen) atoms. The highest BCUT2D eigenvalue weighted by atomic mass is 16.3. The van der Waals surface area contributed by atoms with Gasteiger partial charge >= 0.3 is 0 Å². The minimum absolute atomic E-state index is 0.128. The molecule has 1 saturated carbocycles. The van der Waals surface area contributed by atoms with E-state index in [2.05, 4.69) is 15.3 Å². The van der Waals surface area contributed by atoms with Crippen LogP contribution in [0.2, 0.25) is 0 Å². The van der Waals surface area contributed by atoms with Gasteiger partial charge in [-0.05, 0) is 12.8 Å². The van der Waals surface area contributed by atoms with E-state index in [1.54, 1.807) is 6.33 Å². The highest BCUT2D eigenvalue weighted by molar-refractivity contribution is 5.36. The monoisotopic (exact) mass is 193 g/mol. The minimum Gasteiger partial charge on any atom is -0.395 e. The third-order valence-electron chi connectivity index (χ3n) is 2.63. The van der Waals surface area contributed by atoms with Gasteiger partial charge in [-0.2, -0.15) is 0 Å². The van der Waals surface area contributed by atoms with Gasteiger partial charge in [0.15, 0.2) is 0 Å². The molecule has 4 heteroatoms. The molecule has 0 amide bonds. The van der Waals surface area contributed by atoms with E-state index >= 15 is 0 Å². The molecule has 0 unspecified atom stereocenters.